The van der Waals surface area contributed by atoms with Crippen molar-refractivity contribution in [2.45, 2.75) is 47.3 Å². The number of rotatable bonds is 7. The molecule has 0 aliphatic rings. The summed E-state index contributed by atoms with van der Waals surface area (Å²) >= 11 is 0. The third kappa shape index (κ3) is 5.82. The standard InChI is InChI=1S/C21H27NO3/c1-14(2)25-19-8-6-7-18(11-19)12-22-21(23)13-24-20-10-15(3)9-16(4)17(20)5/h6-11,14H,12-13H2,1-5H3,(H,22,23). The Bertz CT molecular complexity index is 738. The van der Waals surface area contributed by atoms with Gasteiger partial charge in [-0.25, -0.2) is 0 Å². The Kier molecular flexibility index (Phi) is 6.45. The number of carbonyl (C=O) groups is 1. The molecule has 0 heterocycles. The first-order chi connectivity index (χ1) is 11.8. The highest BCUT2D eigenvalue weighted by atomic mass is 16.5. The molecule has 0 saturated carbocycles. The molecule has 134 valence electrons. The lowest BCUT2D eigenvalue weighted by atomic mass is 10.1. The number of ether oxygens (including phenoxy) is 2. The lowest BCUT2D eigenvalue weighted by Crippen LogP contribution is -2.28. The summed E-state index contributed by atoms with van der Waals surface area (Å²) in [6, 6.07) is 11.8. The van der Waals surface area contributed by atoms with Gasteiger partial charge in [0, 0.05) is 6.54 Å². The molecular formula is C21H27NO3. The van der Waals surface area contributed by atoms with Crippen LogP contribution in [0.2, 0.25) is 0 Å². The van der Waals surface area contributed by atoms with Gasteiger partial charge in [0.2, 0.25) is 0 Å². The van der Waals surface area contributed by atoms with E-state index >= 15 is 0 Å². The molecule has 0 bridgehead atoms. The zero-order valence-electron chi connectivity index (χ0n) is 15.7. The zero-order valence-corrected chi connectivity index (χ0v) is 15.7. The van der Waals surface area contributed by atoms with Gasteiger partial charge in [-0.2, -0.15) is 0 Å². The maximum Gasteiger partial charge on any atom is 0.258 e. The SMILES string of the molecule is Cc1cc(C)c(C)c(OCC(=O)NCc2cccc(OC(C)C)c2)c1. The van der Waals surface area contributed by atoms with Crippen LogP contribution < -0.4 is 14.8 Å². The number of hydrogen-bond donors (Lipinski definition) is 1. The maximum absolute atomic E-state index is 12.1. The molecule has 0 saturated heterocycles. The second-order valence-corrected chi connectivity index (χ2v) is 6.58. The summed E-state index contributed by atoms with van der Waals surface area (Å²) in [6.45, 7) is 10.5. The summed E-state index contributed by atoms with van der Waals surface area (Å²) in [5, 5.41) is 2.88. The molecular weight excluding hydrogens is 314 g/mol. The second kappa shape index (κ2) is 8.56. The molecule has 0 aliphatic carbocycles. The first-order valence-corrected chi connectivity index (χ1v) is 8.58. The van der Waals surface area contributed by atoms with Crippen molar-refractivity contribution in [1.29, 1.82) is 0 Å². The number of aryl methyl sites for hydroxylation is 2. The van der Waals surface area contributed by atoms with Gasteiger partial charge in [-0.15, -0.1) is 0 Å². The van der Waals surface area contributed by atoms with E-state index in [0.29, 0.717) is 6.54 Å². The van der Waals surface area contributed by atoms with Crippen LogP contribution in [0.4, 0.5) is 0 Å². The van der Waals surface area contributed by atoms with E-state index in [1.165, 1.54) is 0 Å². The van der Waals surface area contributed by atoms with E-state index in [9.17, 15) is 4.79 Å². The van der Waals surface area contributed by atoms with Gasteiger partial charge in [0.1, 0.15) is 11.5 Å². The van der Waals surface area contributed by atoms with Crippen LogP contribution in [0.15, 0.2) is 36.4 Å². The van der Waals surface area contributed by atoms with Crippen molar-refractivity contribution in [3.05, 3.63) is 58.7 Å². The maximum atomic E-state index is 12.1. The molecule has 2 aromatic carbocycles. The van der Waals surface area contributed by atoms with Gasteiger partial charge in [0.15, 0.2) is 6.61 Å². The summed E-state index contributed by atoms with van der Waals surface area (Å²) in [5.74, 6) is 1.43. The summed E-state index contributed by atoms with van der Waals surface area (Å²) in [7, 11) is 0. The Morgan fingerprint density at radius 1 is 1.12 bits per heavy atom. The predicted octanol–water partition coefficient (Wildman–Crippen LogP) is 4.09. The lowest BCUT2D eigenvalue weighted by molar-refractivity contribution is -0.123. The van der Waals surface area contributed by atoms with Crippen LogP contribution in [0.1, 0.15) is 36.1 Å². The molecule has 4 nitrogen and oxygen atoms in total. The van der Waals surface area contributed by atoms with E-state index < -0.39 is 0 Å². The summed E-state index contributed by atoms with van der Waals surface area (Å²) in [5.41, 5.74) is 4.35. The van der Waals surface area contributed by atoms with Crippen molar-refractivity contribution in [3.63, 3.8) is 0 Å². The highest BCUT2D eigenvalue weighted by Gasteiger charge is 2.08. The van der Waals surface area contributed by atoms with Gasteiger partial charge >= 0.3 is 0 Å². The monoisotopic (exact) mass is 341 g/mol. The Morgan fingerprint density at radius 3 is 2.60 bits per heavy atom. The van der Waals surface area contributed by atoms with E-state index in [0.717, 1.165) is 33.8 Å². The molecule has 0 unspecified atom stereocenters. The van der Waals surface area contributed by atoms with Crippen LogP contribution in [0.5, 0.6) is 11.5 Å². The number of carbonyl (C=O) groups excluding carboxylic acids is 1. The van der Waals surface area contributed by atoms with E-state index in [-0.39, 0.29) is 18.6 Å². The molecule has 2 rings (SSSR count). The topological polar surface area (TPSA) is 47.6 Å². The molecule has 0 fully saturated rings. The predicted molar refractivity (Wildman–Crippen MR) is 100 cm³/mol. The number of nitrogens with one attached hydrogen (secondary N) is 1. The van der Waals surface area contributed by atoms with Crippen LogP contribution in [0.3, 0.4) is 0 Å². The molecule has 0 atom stereocenters. The van der Waals surface area contributed by atoms with Crippen molar-refractivity contribution in [2.75, 3.05) is 6.61 Å². The molecule has 0 radical (unpaired) electrons. The van der Waals surface area contributed by atoms with Gasteiger partial charge < -0.3 is 14.8 Å². The normalized spacial score (nSPS) is 10.6. The van der Waals surface area contributed by atoms with Crippen LogP contribution in [0, 0.1) is 20.8 Å². The van der Waals surface area contributed by atoms with Crippen LogP contribution >= 0.6 is 0 Å². The average molecular weight is 341 g/mol. The van der Waals surface area contributed by atoms with Crippen molar-refractivity contribution >= 4 is 5.91 Å². The minimum atomic E-state index is -0.145. The number of benzene rings is 2. The third-order valence-electron chi connectivity index (χ3n) is 3.88. The first-order valence-electron chi connectivity index (χ1n) is 8.58. The molecule has 2 aromatic rings. The zero-order chi connectivity index (χ0) is 18.4. The summed E-state index contributed by atoms with van der Waals surface area (Å²) in [4.78, 5) is 12.1. The van der Waals surface area contributed by atoms with Crippen LogP contribution in [-0.4, -0.2) is 18.6 Å². The molecule has 1 amide bonds. The fourth-order valence-corrected chi connectivity index (χ4v) is 2.55. The quantitative estimate of drug-likeness (QED) is 0.825. The van der Waals surface area contributed by atoms with Gasteiger partial charge in [-0.3, -0.25) is 4.79 Å². The summed E-state index contributed by atoms with van der Waals surface area (Å²) in [6.07, 6.45) is 0.124. The average Bonchev–Trinajstić information content (AvgIpc) is 2.54. The van der Waals surface area contributed by atoms with Gasteiger partial charge in [-0.05, 0) is 75.1 Å². The second-order valence-electron chi connectivity index (χ2n) is 6.58. The Hall–Kier alpha value is -2.49. The van der Waals surface area contributed by atoms with Crippen molar-refractivity contribution in [2.24, 2.45) is 0 Å². The van der Waals surface area contributed by atoms with E-state index in [1.807, 2.05) is 65.0 Å². The van der Waals surface area contributed by atoms with Gasteiger partial charge in [-0.1, -0.05) is 18.2 Å². The van der Waals surface area contributed by atoms with Crippen molar-refractivity contribution in [1.82, 2.24) is 5.32 Å². The van der Waals surface area contributed by atoms with Crippen LogP contribution in [-0.2, 0) is 11.3 Å². The molecule has 0 aliphatic heterocycles. The Labute approximate surface area is 150 Å². The van der Waals surface area contributed by atoms with Gasteiger partial charge in [0.05, 0.1) is 6.10 Å². The molecule has 25 heavy (non-hydrogen) atoms. The highest BCUT2D eigenvalue weighted by molar-refractivity contribution is 5.77. The Morgan fingerprint density at radius 2 is 1.88 bits per heavy atom. The Balaban J connectivity index is 1.87. The fourth-order valence-electron chi connectivity index (χ4n) is 2.55. The van der Waals surface area contributed by atoms with E-state index in [1.54, 1.807) is 0 Å². The number of hydrogen-bond acceptors (Lipinski definition) is 3. The fraction of sp³-hybridized carbons (Fsp3) is 0.381. The molecule has 0 spiro atoms. The van der Waals surface area contributed by atoms with E-state index in [2.05, 4.69) is 11.4 Å². The van der Waals surface area contributed by atoms with Gasteiger partial charge in [0.25, 0.3) is 5.91 Å². The van der Waals surface area contributed by atoms with Crippen LogP contribution in [0.25, 0.3) is 0 Å². The van der Waals surface area contributed by atoms with Crippen molar-refractivity contribution in [3.8, 4) is 11.5 Å². The van der Waals surface area contributed by atoms with Crippen molar-refractivity contribution < 1.29 is 14.3 Å². The third-order valence-corrected chi connectivity index (χ3v) is 3.88. The smallest absolute Gasteiger partial charge is 0.258 e. The number of amides is 1. The molecule has 4 heteroatoms. The molecule has 0 aromatic heterocycles. The first kappa shape index (κ1) is 18.8. The summed E-state index contributed by atoms with van der Waals surface area (Å²) < 4.78 is 11.4. The minimum absolute atomic E-state index is 0.00587. The lowest BCUT2D eigenvalue weighted by Gasteiger charge is -2.13. The molecule has 1 N–H and O–H groups in total. The largest absolute Gasteiger partial charge is 0.491 e. The van der Waals surface area contributed by atoms with E-state index in [4.69, 9.17) is 9.47 Å². The highest BCUT2D eigenvalue weighted by Crippen LogP contribution is 2.23. The minimum Gasteiger partial charge on any atom is -0.491 e.